The quantitative estimate of drug-likeness (QED) is 0.341. The highest BCUT2D eigenvalue weighted by atomic mass is 31.1. The summed E-state index contributed by atoms with van der Waals surface area (Å²) in [4.78, 5) is 0. The molecule has 2 aromatic carbocycles. The minimum absolute atomic E-state index is 0.0938. The van der Waals surface area contributed by atoms with Crippen molar-refractivity contribution in [3.05, 3.63) is 82.7 Å². The van der Waals surface area contributed by atoms with Gasteiger partial charge in [-0.1, -0.05) is 118 Å². The Bertz CT molecular complexity index is 923. The Morgan fingerprint density at radius 3 is 1.59 bits per heavy atom. The molecular formula is C32H42P2. The molecule has 3 aliphatic rings. The number of hydrogen-bond acceptors (Lipinski definition) is 0. The fourth-order valence-electron chi connectivity index (χ4n) is 6.35. The first-order valence-corrected chi connectivity index (χ1v) is 16.8. The van der Waals surface area contributed by atoms with Crippen LogP contribution in [0.4, 0.5) is 0 Å². The summed E-state index contributed by atoms with van der Waals surface area (Å²) in [5.74, 6) is 0. The van der Waals surface area contributed by atoms with Crippen molar-refractivity contribution in [2.24, 2.45) is 0 Å². The molecule has 2 saturated carbocycles. The highest BCUT2D eigenvalue weighted by molar-refractivity contribution is 7.76. The lowest BCUT2D eigenvalue weighted by Crippen LogP contribution is -2.22. The number of aryl methyl sites for hydroxylation is 2. The van der Waals surface area contributed by atoms with Gasteiger partial charge in [-0.15, -0.1) is 0 Å². The van der Waals surface area contributed by atoms with E-state index in [0.717, 1.165) is 17.7 Å². The molecule has 180 valence electrons. The molecule has 0 aromatic heterocycles. The van der Waals surface area contributed by atoms with E-state index in [9.17, 15) is 0 Å². The van der Waals surface area contributed by atoms with E-state index < -0.39 is 7.92 Å². The van der Waals surface area contributed by atoms with Gasteiger partial charge in [0.15, 0.2) is 0 Å². The molecule has 0 N–H and O–H groups in total. The van der Waals surface area contributed by atoms with Gasteiger partial charge in [-0.2, -0.15) is 0 Å². The Balaban J connectivity index is 1.50. The van der Waals surface area contributed by atoms with Crippen LogP contribution in [0.15, 0.2) is 71.6 Å². The Morgan fingerprint density at radius 1 is 0.647 bits per heavy atom. The summed E-state index contributed by atoms with van der Waals surface area (Å²) in [5, 5.41) is 4.81. The van der Waals surface area contributed by atoms with Crippen molar-refractivity contribution in [2.45, 2.75) is 95.8 Å². The van der Waals surface area contributed by atoms with Gasteiger partial charge < -0.3 is 0 Å². The molecule has 0 amide bonds. The van der Waals surface area contributed by atoms with Gasteiger partial charge in [-0.25, -0.2) is 0 Å². The van der Waals surface area contributed by atoms with Crippen LogP contribution in [0.5, 0.6) is 0 Å². The molecule has 0 saturated heterocycles. The van der Waals surface area contributed by atoms with E-state index in [-0.39, 0.29) is 7.92 Å². The van der Waals surface area contributed by atoms with Gasteiger partial charge >= 0.3 is 0 Å². The van der Waals surface area contributed by atoms with Crippen LogP contribution in [-0.4, -0.2) is 17.5 Å². The molecule has 2 aromatic rings. The molecule has 34 heavy (non-hydrogen) atoms. The Labute approximate surface area is 210 Å². The van der Waals surface area contributed by atoms with Crippen molar-refractivity contribution < 1.29 is 0 Å². The topological polar surface area (TPSA) is 0 Å². The van der Waals surface area contributed by atoms with Crippen molar-refractivity contribution >= 4 is 26.5 Å². The van der Waals surface area contributed by atoms with Gasteiger partial charge in [0.2, 0.25) is 0 Å². The second-order valence-electron chi connectivity index (χ2n) is 10.8. The van der Waals surface area contributed by atoms with Gasteiger partial charge in [0.1, 0.15) is 0 Å². The molecule has 2 heteroatoms. The maximum absolute atomic E-state index is 2.55. The maximum Gasteiger partial charge on any atom is -0.00648 e. The summed E-state index contributed by atoms with van der Waals surface area (Å²) in [6, 6.07) is 18.9. The van der Waals surface area contributed by atoms with Crippen LogP contribution in [0.1, 0.15) is 81.8 Å². The molecule has 0 radical (unpaired) electrons. The summed E-state index contributed by atoms with van der Waals surface area (Å²) in [5.41, 5.74) is 6.51. The van der Waals surface area contributed by atoms with Gasteiger partial charge in [-0.3, -0.25) is 0 Å². The molecule has 0 bridgehead atoms. The Kier molecular flexibility index (Phi) is 8.40. The molecule has 0 aliphatic heterocycles. The third kappa shape index (κ3) is 5.77. The smallest absolute Gasteiger partial charge is 0.00648 e. The lowest BCUT2D eigenvalue weighted by Gasteiger charge is -2.39. The lowest BCUT2D eigenvalue weighted by molar-refractivity contribution is 0.485. The molecule has 2 fully saturated rings. The molecule has 0 heterocycles. The van der Waals surface area contributed by atoms with E-state index >= 15 is 0 Å². The predicted molar refractivity (Wildman–Crippen MR) is 155 cm³/mol. The Hall–Kier alpha value is -1.22. The standard InChI is InChI=1S/C32H42P2/c1-25-16-20-30(21-17-25)34(31-22-18-26(2)19-23-31)32-15-9-10-27(32)24-33(28-11-5-3-6-12-28)29-13-7-4-8-14-29/h9-10,16-23,28-29H,3-8,11-15,24H2,1-2H3. The van der Waals surface area contributed by atoms with E-state index in [2.05, 4.69) is 74.5 Å². The van der Waals surface area contributed by atoms with Gasteiger partial charge in [0.05, 0.1) is 0 Å². The zero-order chi connectivity index (χ0) is 23.3. The third-order valence-corrected chi connectivity index (χ3v) is 14.5. The minimum atomic E-state index is -0.454. The van der Waals surface area contributed by atoms with Crippen LogP contribution in [-0.2, 0) is 0 Å². The predicted octanol–water partition coefficient (Wildman–Crippen LogP) is 9.10. The first-order valence-electron chi connectivity index (χ1n) is 13.8. The fraction of sp³-hybridized carbons (Fsp3) is 0.500. The molecular weight excluding hydrogens is 446 g/mol. The summed E-state index contributed by atoms with van der Waals surface area (Å²) in [7, 11) is -0.360. The average Bonchev–Trinajstić information content (AvgIpc) is 3.34. The first kappa shape index (κ1) is 24.5. The summed E-state index contributed by atoms with van der Waals surface area (Å²) in [6.07, 6.45) is 22.5. The second kappa shape index (κ2) is 11.7. The fourth-order valence-corrected chi connectivity index (χ4v) is 12.9. The van der Waals surface area contributed by atoms with E-state index in [1.165, 1.54) is 92.1 Å². The van der Waals surface area contributed by atoms with E-state index in [1.54, 1.807) is 10.9 Å². The third-order valence-electron chi connectivity index (χ3n) is 8.30. The second-order valence-corrected chi connectivity index (χ2v) is 15.9. The summed E-state index contributed by atoms with van der Waals surface area (Å²) >= 11 is 0. The lowest BCUT2D eigenvalue weighted by atomic mass is 9.99. The van der Waals surface area contributed by atoms with Gasteiger partial charge in [0.25, 0.3) is 0 Å². The van der Waals surface area contributed by atoms with Crippen molar-refractivity contribution in [3.8, 4) is 0 Å². The molecule has 0 spiro atoms. The van der Waals surface area contributed by atoms with E-state index in [4.69, 9.17) is 0 Å². The minimum Gasteiger partial charge on any atom is -0.0958 e. The summed E-state index contributed by atoms with van der Waals surface area (Å²) in [6.45, 7) is 4.42. The molecule has 5 rings (SSSR count). The number of allylic oxidation sites excluding steroid dienone is 4. The van der Waals surface area contributed by atoms with Crippen molar-refractivity contribution in [1.82, 2.24) is 0 Å². The Morgan fingerprint density at radius 2 is 1.12 bits per heavy atom. The van der Waals surface area contributed by atoms with Crippen LogP contribution >= 0.6 is 15.8 Å². The maximum atomic E-state index is 2.55. The zero-order valence-corrected chi connectivity index (χ0v) is 23.1. The molecule has 3 aliphatic carbocycles. The van der Waals surface area contributed by atoms with Gasteiger partial charge in [-0.05, 0) is 92.8 Å². The molecule has 0 unspecified atom stereocenters. The SMILES string of the molecule is Cc1ccc(P(C2=C(CP(C3CCCCC3)C3CCCCC3)C=CC2)c2ccc(C)cc2)cc1. The monoisotopic (exact) mass is 488 g/mol. The zero-order valence-electron chi connectivity index (χ0n) is 21.3. The van der Waals surface area contributed by atoms with Crippen LogP contribution in [0.25, 0.3) is 0 Å². The molecule has 0 nitrogen and oxygen atoms in total. The van der Waals surface area contributed by atoms with Crippen LogP contribution in [0.3, 0.4) is 0 Å². The van der Waals surface area contributed by atoms with E-state index in [1.807, 2.05) is 0 Å². The van der Waals surface area contributed by atoms with Crippen molar-refractivity contribution in [1.29, 1.82) is 0 Å². The highest BCUT2D eigenvalue weighted by Gasteiger charge is 2.33. The normalized spacial score (nSPS) is 20.1. The van der Waals surface area contributed by atoms with Crippen LogP contribution in [0, 0.1) is 13.8 Å². The number of hydrogen-bond donors (Lipinski definition) is 0. The molecule has 0 atom stereocenters. The summed E-state index contributed by atoms with van der Waals surface area (Å²) < 4.78 is 0. The first-order chi connectivity index (χ1) is 16.7. The van der Waals surface area contributed by atoms with Crippen LogP contribution in [0.2, 0.25) is 0 Å². The number of benzene rings is 2. The van der Waals surface area contributed by atoms with Crippen molar-refractivity contribution in [2.75, 3.05) is 6.16 Å². The number of rotatable bonds is 7. The largest absolute Gasteiger partial charge is 0.0958 e. The van der Waals surface area contributed by atoms with Crippen LogP contribution < -0.4 is 10.6 Å². The average molecular weight is 489 g/mol. The van der Waals surface area contributed by atoms with E-state index in [0.29, 0.717) is 0 Å². The van der Waals surface area contributed by atoms with Gasteiger partial charge in [0, 0.05) is 0 Å². The highest BCUT2D eigenvalue weighted by Crippen LogP contribution is 2.59. The van der Waals surface area contributed by atoms with Crippen molar-refractivity contribution in [3.63, 3.8) is 0 Å².